The molecule has 0 saturated heterocycles. The molecule has 78 valence electrons. The molecule has 0 atom stereocenters. The smallest absolute Gasteiger partial charge is 0.128 e. The first-order chi connectivity index (χ1) is 7.22. The quantitative estimate of drug-likeness (QED) is 0.816. The van der Waals surface area contributed by atoms with Crippen LogP contribution in [0.15, 0.2) is 34.9 Å². The van der Waals surface area contributed by atoms with Crippen LogP contribution in [0.4, 0.5) is 0 Å². The van der Waals surface area contributed by atoms with Crippen molar-refractivity contribution in [2.75, 3.05) is 0 Å². The molecule has 1 aromatic carbocycles. The van der Waals surface area contributed by atoms with Gasteiger partial charge in [0.1, 0.15) is 4.60 Å². The third kappa shape index (κ3) is 2.08. The van der Waals surface area contributed by atoms with Crippen LogP contribution in [0.25, 0.3) is 11.3 Å². The molecule has 0 spiro atoms. The summed E-state index contributed by atoms with van der Waals surface area (Å²) in [5.41, 5.74) is 2.05. The van der Waals surface area contributed by atoms with Crippen LogP contribution in [0.1, 0.15) is 6.92 Å². The molecule has 0 radical (unpaired) electrons. The number of rotatable bonds is 2. The van der Waals surface area contributed by atoms with Crippen molar-refractivity contribution in [3.63, 3.8) is 0 Å². The molecule has 0 N–H and O–H groups in total. The Morgan fingerprint density at radius 3 is 2.80 bits per heavy atom. The van der Waals surface area contributed by atoms with E-state index in [1.165, 1.54) is 0 Å². The third-order valence-corrected chi connectivity index (χ3v) is 2.92. The molecule has 0 saturated carbocycles. The van der Waals surface area contributed by atoms with Gasteiger partial charge in [0.25, 0.3) is 0 Å². The van der Waals surface area contributed by atoms with Crippen LogP contribution in [-0.2, 0) is 6.54 Å². The lowest BCUT2D eigenvalue weighted by Crippen LogP contribution is -1.98. The predicted molar refractivity (Wildman–Crippen MR) is 66.0 cm³/mol. The molecule has 0 aliphatic carbocycles. The molecule has 1 aromatic heterocycles. The first-order valence-corrected chi connectivity index (χ1v) is 5.87. The Balaban J connectivity index is 2.58. The van der Waals surface area contributed by atoms with Crippen LogP contribution in [0, 0.1) is 0 Å². The normalized spacial score (nSPS) is 10.6. The summed E-state index contributed by atoms with van der Waals surface area (Å²) >= 11 is 9.51. The molecular formula is C11H10BrClN2. The lowest BCUT2D eigenvalue weighted by molar-refractivity contribution is 0.662. The lowest BCUT2D eigenvalue weighted by Gasteiger charge is -2.05. The minimum atomic E-state index is 0.750. The second-order valence-corrected chi connectivity index (χ2v) is 4.37. The molecular weight excluding hydrogens is 275 g/mol. The van der Waals surface area contributed by atoms with Crippen molar-refractivity contribution in [2.24, 2.45) is 0 Å². The maximum Gasteiger partial charge on any atom is 0.128 e. The van der Waals surface area contributed by atoms with Gasteiger partial charge in [-0.05, 0) is 35.0 Å². The van der Waals surface area contributed by atoms with Gasteiger partial charge in [-0.25, -0.2) is 0 Å². The summed E-state index contributed by atoms with van der Waals surface area (Å²) in [6, 6.07) is 9.76. The van der Waals surface area contributed by atoms with E-state index in [1.807, 2.05) is 35.0 Å². The Kier molecular flexibility index (Phi) is 3.12. The summed E-state index contributed by atoms with van der Waals surface area (Å²) in [5, 5.41) is 5.07. The Bertz CT molecular complexity index is 479. The van der Waals surface area contributed by atoms with Crippen molar-refractivity contribution >= 4 is 27.5 Å². The highest BCUT2D eigenvalue weighted by Gasteiger charge is 2.09. The Morgan fingerprint density at radius 1 is 1.40 bits per heavy atom. The van der Waals surface area contributed by atoms with Gasteiger partial charge >= 0.3 is 0 Å². The maximum atomic E-state index is 6.14. The van der Waals surface area contributed by atoms with Gasteiger partial charge in [-0.2, -0.15) is 5.10 Å². The van der Waals surface area contributed by atoms with Gasteiger partial charge in [0.05, 0.1) is 5.69 Å². The van der Waals surface area contributed by atoms with E-state index in [0.717, 1.165) is 27.4 Å². The summed E-state index contributed by atoms with van der Waals surface area (Å²) in [6.45, 7) is 2.88. The van der Waals surface area contributed by atoms with Crippen LogP contribution in [-0.4, -0.2) is 9.78 Å². The SMILES string of the molecule is CCn1nc(Br)cc1-c1ccccc1Cl. The molecule has 1 heterocycles. The summed E-state index contributed by atoms with van der Waals surface area (Å²) in [7, 11) is 0. The van der Waals surface area contributed by atoms with Gasteiger partial charge < -0.3 is 0 Å². The minimum absolute atomic E-state index is 0.750. The Labute approximate surface area is 102 Å². The molecule has 0 aliphatic rings. The van der Waals surface area contributed by atoms with E-state index in [2.05, 4.69) is 28.0 Å². The van der Waals surface area contributed by atoms with Crippen molar-refractivity contribution in [1.29, 1.82) is 0 Å². The van der Waals surface area contributed by atoms with Crippen molar-refractivity contribution < 1.29 is 0 Å². The van der Waals surface area contributed by atoms with E-state index in [-0.39, 0.29) is 0 Å². The summed E-state index contributed by atoms with van der Waals surface area (Å²) in [6.07, 6.45) is 0. The summed E-state index contributed by atoms with van der Waals surface area (Å²) in [5.74, 6) is 0. The van der Waals surface area contributed by atoms with Crippen molar-refractivity contribution in [1.82, 2.24) is 9.78 Å². The molecule has 4 heteroatoms. The average molecular weight is 286 g/mol. The second kappa shape index (κ2) is 4.37. The number of benzene rings is 1. The van der Waals surface area contributed by atoms with Crippen LogP contribution >= 0.6 is 27.5 Å². The standard InChI is InChI=1S/C11H10BrClN2/c1-2-15-10(7-11(12)14-15)8-5-3-4-6-9(8)13/h3-7H,2H2,1H3. The molecule has 15 heavy (non-hydrogen) atoms. The molecule has 0 aliphatic heterocycles. The van der Waals surface area contributed by atoms with Crippen LogP contribution in [0.2, 0.25) is 5.02 Å². The van der Waals surface area contributed by atoms with Crippen LogP contribution < -0.4 is 0 Å². The fourth-order valence-corrected chi connectivity index (χ4v) is 2.15. The van der Waals surface area contributed by atoms with E-state index >= 15 is 0 Å². The first-order valence-electron chi connectivity index (χ1n) is 4.70. The molecule has 0 unspecified atom stereocenters. The van der Waals surface area contributed by atoms with Crippen molar-refractivity contribution in [3.05, 3.63) is 40.0 Å². The summed E-state index contributed by atoms with van der Waals surface area (Å²) < 4.78 is 2.75. The highest BCUT2D eigenvalue weighted by atomic mass is 79.9. The highest BCUT2D eigenvalue weighted by Crippen LogP contribution is 2.29. The summed E-state index contributed by atoms with van der Waals surface area (Å²) in [4.78, 5) is 0. The van der Waals surface area contributed by atoms with Crippen molar-refractivity contribution in [2.45, 2.75) is 13.5 Å². The van der Waals surface area contributed by atoms with Crippen LogP contribution in [0.5, 0.6) is 0 Å². The minimum Gasteiger partial charge on any atom is -0.264 e. The van der Waals surface area contributed by atoms with Gasteiger partial charge in [-0.3, -0.25) is 4.68 Å². The van der Waals surface area contributed by atoms with E-state index in [1.54, 1.807) is 0 Å². The third-order valence-electron chi connectivity index (χ3n) is 2.20. The predicted octanol–water partition coefficient (Wildman–Crippen LogP) is 3.99. The number of hydrogen-bond donors (Lipinski definition) is 0. The van der Waals surface area contributed by atoms with Gasteiger partial charge in [-0.1, -0.05) is 29.8 Å². The lowest BCUT2D eigenvalue weighted by atomic mass is 10.1. The molecule has 2 rings (SSSR count). The maximum absolute atomic E-state index is 6.14. The van der Waals surface area contributed by atoms with Gasteiger partial charge in [0, 0.05) is 17.1 Å². The van der Waals surface area contributed by atoms with E-state index in [9.17, 15) is 0 Å². The monoisotopic (exact) mass is 284 g/mol. The fourth-order valence-electron chi connectivity index (χ4n) is 1.51. The molecule has 0 fully saturated rings. The zero-order valence-electron chi connectivity index (χ0n) is 8.24. The zero-order chi connectivity index (χ0) is 10.8. The van der Waals surface area contributed by atoms with Crippen molar-refractivity contribution in [3.8, 4) is 11.3 Å². The number of halogens is 2. The number of nitrogens with zero attached hydrogens (tertiary/aromatic N) is 2. The van der Waals surface area contributed by atoms with E-state index in [4.69, 9.17) is 11.6 Å². The second-order valence-electron chi connectivity index (χ2n) is 3.15. The molecule has 2 aromatic rings. The largest absolute Gasteiger partial charge is 0.264 e. The average Bonchev–Trinajstić information content (AvgIpc) is 2.60. The van der Waals surface area contributed by atoms with Gasteiger partial charge in [-0.15, -0.1) is 0 Å². The zero-order valence-corrected chi connectivity index (χ0v) is 10.6. The fraction of sp³-hybridized carbons (Fsp3) is 0.182. The van der Waals surface area contributed by atoms with E-state index in [0.29, 0.717) is 0 Å². The molecule has 0 amide bonds. The first kappa shape index (κ1) is 10.7. The molecule has 2 nitrogen and oxygen atoms in total. The Morgan fingerprint density at radius 2 is 2.13 bits per heavy atom. The van der Waals surface area contributed by atoms with Gasteiger partial charge in [0.2, 0.25) is 0 Å². The van der Waals surface area contributed by atoms with Gasteiger partial charge in [0.15, 0.2) is 0 Å². The highest BCUT2D eigenvalue weighted by molar-refractivity contribution is 9.10. The Hall–Kier alpha value is -0.800. The van der Waals surface area contributed by atoms with E-state index < -0.39 is 0 Å². The number of aromatic nitrogens is 2. The number of hydrogen-bond acceptors (Lipinski definition) is 1. The number of aryl methyl sites for hydroxylation is 1. The molecule has 0 bridgehead atoms. The topological polar surface area (TPSA) is 17.8 Å². The van der Waals surface area contributed by atoms with Crippen LogP contribution in [0.3, 0.4) is 0 Å².